The summed E-state index contributed by atoms with van der Waals surface area (Å²) in [7, 11) is -1.89. The molecule has 0 bridgehead atoms. The van der Waals surface area contributed by atoms with Crippen LogP contribution in [-0.4, -0.2) is 71.8 Å². The van der Waals surface area contributed by atoms with Crippen molar-refractivity contribution in [3.05, 3.63) is 34.4 Å². The fraction of sp³-hybridized carbons (Fsp3) is 0.500. The third-order valence-corrected chi connectivity index (χ3v) is 8.25. The van der Waals surface area contributed by atoms with Crippen molar-refractivity contribution in [2.24, 2.45) is 0 Å². The van der Waals surface area contributed by atoms with Gasteiger partial charge in [0.15, 0.2) is 0 Å². The van der Waals surface area contributed by atoms with Gasteiger partial charge in [0.25, 0.3) is 5.91 Å². The highest BCUT2D eigenvalue weighted by atomic mass is 32.2. The Morgan fingerprint density at radius 3 is 2.64 bits per heavy atom. The Kier molecular flexibility index (Phi) is 4.67. The molecule has 0 saturated carbocycles. The van der Waals surface area contributed by atoms with Gasteiger partial charge in [-0.05, 0) is 32.9 Å². The van der Waals surface area contributed by atoms with Crippen molar-refractivity contribution in [3.8, 4) is 0 Å². The molecule has 0 N–H and O–H groups in total. The third kappa shape index (κ3) is 2.90. The first-order chi connectivity index (χ1) is 13.2. The Bertz CT molecular complexity index is 1020. The second-order valence-corrected chi connectivity index (χ2v) is 10.3. The van der Waals surface area contributed by atoms with Crippen LogP contribution >= 0.6 is 11.3 Å². The lowest BCUT2D eigenvalue weighted by atomic mass is 10.1. The maximum absolute atomic E-state index is 13.4. The van der Waals surface area contributed by atoms with Crippen molar-refractivity contribution in [3.63, 3.8) is 0 Å². The molecule has 1 fully saturated rings. The Balaban J connectivity index is 1.77. The van der Waals surface area contributed by atoms with Crippen LogP contribution in [0.15, 0.2) is 28.6 Å². The molecule has 28 heavy (non-hydrogen) atoms. The molecular formula is C18H23N5O3S2. The summed E-state index contributed by atoms with van der Waals surface area (Å²) in [6.07, 6.45) is 1.60. The van der Waals surface area contributed by atoms with E-state index in [0.29, 0.717) is 24.6 Å². The molecule has 0 aromatic carbocycles. The van der Waals surface area contributed by atoms with Crippen LogP contribution in [0.5, 0.6) is 0 Å². The monoisotopic (exact) mass is 421 g/mol. The average Bonchev–Trinajstić information content (AvgIpc) is 3.25. The van der Waals surface area contributed by atoms with E-state index in [2.05, 4.69) is 9.97 Å². The van der Waals surface area contributed by atoms with E-state index in [1.807, 2.05) is 32.7 Å². The van der Waals surface area contributed by atoms with Gasteiger partial charge < -0.3 is 9.80 Å². The number of pyridine rings is 1. The summed E-state index contributed by atoms with van der Waals surface area (Å²) < 4.78 is 28.4. The zero-order chi connectivity index (χ0) is 20.2. The number of aryl methyl sites for hydroxylation is 1. The van der Waals surface area contributed by atoms with E-state index >= 15 is 0 Å². The van der Waals surface area contributed by atoms with Gasteiger partial charge in [0, 0.05) is 37.8 Å². The van der Waals surface area contributed by atoms with Crippen LogP contribution in [0.3, 0.4) is 0 Å². The minimum absolute atomic E-state index is 0.159. The summed E-state index contributed by atoms with van der Waals surface area (Å²) >= 11 is 1.43. The first kappa shape index (κ1) is 19.3. The summed E-state index contributed by atoms with van der Waals surface area (Å²) in [6, 6.07) is 2.47. The van der Waals surface area contributed by atoms with E-state index in [0.717, 1.165) is 5.01 Å². The van der Waals surface area contributed by atoms with E-state index in [9.17, 15) is 13.2 Å². The lowest BCUT2D eigenvalue weighted by Gasteiger charge is -2.33. The van der Waals surface area contributed by atoms with Gasteiger partial charge >= 0.3 is 0 Å². The second kappa shape index (κ2) is 6.78. The van der Waals surface area contributed by atoms with Gasteiger partial charge in [-0.25, -0.2) is 18.4 Å². The fourth-order valence-electron chi connectivity index (χ4n) is 4.15. The van der Waals surface area contributed by atoms with Crippen molar-refractivity contribution in [1.29, 1.82) is 0 Å². The van der Waals surface area contributed by atoms with E-state index in [-0.39, 0.29) is 28.9 Å². The van der Waals surface area contributed by atoms with Gasteiger partial charge in [0.1, 0.15) is 16.4 Å². The van der Waals surface area contributed by atoms with E-state index in [4.69, 9.17) is 0 Å². The summed E-state index contributed by atoms with van der Waals surface area (Å²) in [6.45, 7) is 6.34. The topological polar surface area (TPSA) is 86.7 Å². The van der Waals surface area contributed by atoms with Gasteiger partial charge in [0.2, 0.25) is 10.0 Å². The number of likely N-dealkylation sites (tertiary alicyclic amines) is 1. The molecule has 150 valence electrons. The Labute approximate surface area is 168 Å². The van der Waals surface area contributed by atoms with E-state index < -0.39 is 10.0 Å². The lowest BCUT2D eigenvalue weighted by Crippen LogP contribution is -2.52. The van der Waals surface area contributed by atoms with Crippen molar-refractivity contribution in [2.75, 3.05) is 25.0 Å². The molecule has 0 spiro atoms. The molecule has 4 heterocycles. The number of hydrogen-bond acceptors (Lipinski definition) is 7. The molecule has 0 radical (unpaired) electrons. The molecule has 2 aliphatic heterocycles. The molecule has 2 unspecified atom stereocenters. The van der Waals surface area contributed by atoms with Crippen LogP contribution in [0, 0.1) is 6.92 Å². The Morgan fingerprint density at radius 2 is 2.00 bits per heavy atom. The van der Waals surface area contributed by atoms with Crippen molar-refractivity contribution in [2.45, 2.75) is 43.8 Å². The number of amides is 1. The van der Waals surface area contributed by atoms with E-state index in [1.165, 1.54) is 11.3 Å². The molecule has 0 aliphatic carbocycles. The Hall–Kier alpha value is -2.04. The fourth-order valence-corrected chi connectivity index (χ4v) is 6.76. The number of thiazole rings is 1. The maximum atomic E-state index is 13.4. The lowest BCUT2D eigenvalue weighted by molar-refractivity contribution is 0.0776. The normalized spacial score (nSPS) is 24.2. The molecule has 8 nitrogen and oxygen atoms in total. The molecule has 10 heteroatoms. The van der Waals surface area contributed by atoms with Crippen LogP contribution in [0.1, 0.15) is 29.3 Å². The summed E-state index contributed by atoms with van der Waals surface area (Å²) in [4.78, 5) is 25.4. The summed E-state index contributed by atoms with van der Waals surface area (Å²) in [5.74, 6) is 0.271. The zero-order valence-electron chi connectivity index (χ0n) is 16.2. The van der Waals surface area contributed by atoms with Crippen molar-refractivity contribution < 1.29 is 13.2 Å². The minimum atomic E-state index is -3.74. The molecule has 2 aliphatic rings. The molecule has 2 atom stereocenters. The molecule has 4 rings (SSSR count). The predicted octanol–water partition coefficient (Wildman–Crippen LogP) is 1.59. The molecule has 2 aromatic rings. The van der Waals surface area contributed by atoms with Gasteiger partial charge in [-0.2, -0.15) is 4.31 Å². The van der Waals surface area contributed by atoms with Gasteiger partial charge in [-0.1, -0.05) is 0 Å². The number of sulfonamides is 1. The highest BCUT2D eigenvalue weighted by molar-refractivity contribution is 7.89. The minimum Gasteiger partial charge on any atom is -0.352 e. The molecule has 2 aromatic heterocycles. The predicted molar refractivity (Wildman–Crippen MR) is 107 cm³/mol. The first-order valence-electron chi connectivity index (χ1n) is 9.14. The molecule has 1 amide bonds. The second-order valence-electron chi connectivity index (χ2n) is 7.46. The standard InChI is InChI=1S/C18H23N5O3S2/c1-11(2)23-15-9-22(18(24)13-10-27-12(3)20-13)8-14(15)21(4)17-16(28(23,25)26)6-5-7-19-17/h5-7,10-11,14-15H,8-9H2,1-4H3. The Morgan fingerprint density at radius 1 is 1.29 bits per heavy atom. The smallest absolute Gasteiger partial charge is 0.273 e. The summed E-state index contributed by atoms with van der Waals surface area (Å²) in [5, 5.41) is 2.59. The number of carbonyl (C=O) groups is 1. The zero-order valence-corrected chi connectivity index (χ0v) is 17.9. The van der Waals surface area contributed by atoms with Crippen molar-refractivity contribution >= 4 is 33.1 Å². The molecule has 1 saturated heterocycles. The van der Waals surface area contributed by atoms with Crippen molar-refractivity contribution in [1.82, 2.24) is 19.2 Å². The number of aromatic nitrogens is 2. The number of rotatable bonds is 2. The van der Waals surface area contributed by atoms with Gasteiger partial charge in [-0.3, -0.25) is 4.79 Å². The van der Waals surface area contributed by atoms with Crippen LogP contribution in [-0.2, 0) is 10.0 Å². The SMILES string of the molecule is Cc1nc(C(=O)N2CC3C(C2)N(C(C)C)S(=O)(=O)c2cccnc2N3C)cs1. The number of hydrogen-bond donors (Lipinski definition) is 0. The highest BCUT2D eigenvalue weighted by Crippen LogP contribution is 2.37. The summed E-state index contributed by atoms with van der Waals surface area (Å²) in [5.41, 5.74) is 0.416. The maximum Gasteiger partial charge on any atom is 0.273 e. The van der Waals surface area contributed by atoms with Crippen LogP contribution in [0.2, 0.25) is 0 Å². The third-order valence-electron chi connectivity index (χ3n) is 5.36. The highest BCUT2D eigenvalue weighted by Gasteiger charge is 2.50. The van der Waals surface area contributed by atoms with Gasteiger partial charge in [-0.15, -0.1) is 11.3 Å². The first-order valence-corrected chi connectivity index (χ1v) is 11.5. The van der Waals surface area contributed by atoms with Gasteiger partial charge in [0.05, 0.1) is 17.1 Å². The molecular weight excluding hydrogens is 398 g/mol. The number of carbonyl (C=O) groups excluding carboxylic acids is 1. The number of nitrogens with zero attached hydrogens (tertiary/aromatic N) is 5. The van der Waals surface area contributed by atoms with Crippen LogP contribution in [0.4, 0.5) is 5.82 Å². The van der Waals surface area contributed by atoms with E-state index in [1.54, 1.807) is 32.9 Å². The number of anilines is 1. The quantitative estimate of drug-likeness (QED) is 0.732. The largest absolute Gasteiger partial charge is 0.352 e. The van der Waals surface area contributed by atoms with Crippen LogP contribution < -0.4 is 4.90 Å². The van der Waals surface area contributed by atoms with Crippen LogP contribution in [0.25, 0.3) is 0 Å². The number of fused-ring (bicyclic) bond motifs is 2. The average molecular weight is 422 g/mol. The number of likely N-dealkylation sites (N-methyl/N-ethyl adjacent to an activating group) is 1.